The molecule has 3 aromatic carbocycles. The van der Waals surface area contributed by atoms with Crippen molar-refractivity contribution in [2.75, 3.05) is 12.3 Å². The summed E-state index contributed by atoms with van der Waals surface area (Å²) in [6, 6.07) is 3.36. The molecule has 61 heavy (non-hydrogen) atoms. The molecule has 13 nitrogen and oxygen atoms in total. The molecule has 0 bridgehead atoms. The van der Waals surface area contributed by atoms with Gasteiger partial charge in [-0.15, -0.1) is 0 Å². The number of carboxylic acids is 2. The quantitative estimate of drug-likeness (QED) is 0.0403. The van der Waals surface area contributed by atoms with Crippen LogP contribution in [0.25, 0.3) is 11.6 Å². The molecule has 3 aliphatic rings. The van der Waals surface area contributed by atoms with Crippen molar-refractivity contribution in [3.8, 4) is 11.5 Å². The second kappa shape index (κ2) is 17.4. The number of aliphatic carboxylic acids is 1. The number of hydrogen-bond acceptors (Lipinski definition) is 7. The molecule has 2 unspecified atom stereocenters. The average molecular weight is 1050 g/mol. The van der Waals surface area contributed by atoms with Crippen molar-refractivity contribution in [3.05, 3.63) is 71.0 Å². The number of amides is 1. The van der Waals surface area contributed by atoms with Crippen LogP contribution in [-0.2, 0) is 23.5 Å². The summed E-state index contributed by atoms with van der Waals surface area (Å²) in [6.45, 7) is 11.9. The first-order valence-corrected chi connectivity index (χ1v) is 28.5. The van der Waals surface area contributed by atoms with Gasteiger partial charge in [-0.25, -0.2) is 0 Å². The predicted octanol–water partition coefficient (Wildman–Crippen LogP) is 5.06. The molecule has 0 spiro atoms. The zero-order valence-electron chi connectivity index (χ0n) is 34.3. The van der Waals surface area contributed by atoms with Crippen LogP contribution in [0.15, 0.2) is 17.0 Å². The molecule has 2 aliphatic carbocycles. The van der Waals surface area contributed by atoms with Crippen molar-refractivity contribution >= 4 is 113 Å². The Labute approximate surface area is 377 Å². The fraction of sp³-hybridized carbons (Fsp3) is 0.452. The zero-order chi connectivity index (χ0) is 45.3. The van der Waals surface area contributed by atoms with Crippen LogP contribution < -0.4 is 29.2 Å². The third-order valence-electron chi connectivity index (χ3n) is 11.5. The molecule has 2 atom stereocenters. The Morgan fingerprint density at radius 3 is 2.10 bits per heavy atom. The summed E-state index contributed by atoms with van der Waals surface area (Å²) in [4.78, 5) is 37.3. The van der Waals surface area contributed by atoms with E-state index in [1.54, 1.807) is 18.2 Å². The molecule has 1 aliphatic heterocycles. The first-order valence-electron chi connectivity index (χ1n) is 19.6. The van der Waals surface area contributed by atoms with E-state index in [2.05, 4.69) is 5.32 Å². The number of carbonyl (C=O) groups excluding carboxylic acids is 1. The van der Waals surface area contributed by atoms with E-state index in [9.17, 15) is 43.4 Å². The number of hydrogen-bond donors (Lipinski definition) is 7. The number of halogens is 3. The van der Waals surface area contributed by atoms with Crippen molar-refractivity contribution in [2.45, 2.75) is 103 Å². The van der Waals surface area contributed by atoms with Gasteiger partial charge >= 0.3 is 345 Å². The predicted molar refractivity (Wildman–Crippen MR) is 235 cm³/mol. The summed E-state index contributed by atoms with van der Waals surface area (Å²) < 4.78 is 78.4. The first kappa shape index (κ1) is 47.9. The summed E-state index contributed by atoms with van der Waals surface area (Å²) in [5.41, 5.74) is -0.295. The van der Waals surface area contributed by atoms with E-state index in [0.717, 1.165) is 11.8 Å². The van der Waals surface area contributed by atoms with E-state index < -0.39 is 82.1 Å². The number of aromatic carboxylic acids is 1. The SMILES string of the molecule is CC1CC(C)(C)Cc2c1cc1c(c2[As](=O)(O)O)Oc2c([As](=O)(O)O)c3c(cc2=C1c1c(Cl)c(SCC(=O)NCCCCCC(=O)O)c(Cl)c(Cl)c1C(=O)O)C(C)CC(C)(C)C=3. The van der Waals surface area contributed by atoms with Crippen molar-refractivity contribution in [2.24, 2.45) is 10.8 Å². The minimum atomic E-state index is -6.11. The van der Waals surface area contributed by atoms with Crippen LogP contribution in [0.2, 0.25) is 15.1 Å². The first-order chi connectivity index (χ1) is 28.1. The number of nitrogens with one attached hydrogen (secondary N) is 1. The van der Waals surface area contributed by atoms with Gasteiger partial charge in [-0.05, 0) is 12.8 Å². The number of carbonyl (C=O) groups is 3. The monoisotopic (exact) mass is 1050 g/mol. The van der Waals surface area contributed by atoms with Gasteiger partial charge in [0.15, 0.2) is 0 Å². The molecule has 0 aromatic heterocycles. The van der Waals surface area contributed by atoms with Crippen molar-refractivity contribution < 1.29 is 53.2 Å². The van der Waals surface area contributed by atoms with E-state index >= 15 is 0 Å². The summed E-state index contributed by atoms with van der Waals surface area (Å²) in [5.74, 6) is -4.45. The third-order valence-corrected chi connectivity index (χ3v) is 18.4. The third kappa shape index (κ3) is 9.60. The van der Waals surface area contributed by atoms with Gasteiger partial charge in [0.1, 0.15) is 0 Å². The fourth-order valence-corrected chi connectivity index (χ4v) is 15.4. The van der Waals surface area contributed by atoms with Gasteiger partial charge in [-0.1, -0.05) is 6.42 Å². The molecule has 19 heteroatoms. The van der Waals surface area contributed by atoms with E-state index in [4.69, 9.17) is 44.6 Å². The average Bonchev–Trinajstić information content (AvgIpc) is 3.10. The van der Waals surface area contributed by atoms with Crippen molar-refractivity contribution in [1.29, 1.82) is 0 Å². The van der Waals surface area contributed by atoms with Gasteiger partial charge < -0.3 is 5.11 Å². The summed E-state index contributed by atoms with van der Waals surface area (Å²) in [7, 11) is 0. The summed E-state index contributed by atoms with van der Waals surface area (Å²) in [6.07, 6.45) is 4.79. The Morgan fingerprint density at radius 2 is 1.49 bits per heavy atom. The molecule has 330 valence electrons. The van der Waals surface area contributed by atoms with Crippen LogP contribution in [0.3, 0.4) is 0 Å². The maximum atomic E-state index is 13.9. The number of fused-ring (bicyclic) bond motifs is 4. The minimum absolute atomic E-state index is 0.0110. The van der Waals surface area contributed by atoms with Crippen LogP contribution in [0.4, 0.5) is 0 Å². The molecule has 7 N–H and O–H groups in total. The van der Waals surface area contributed by atoms with E-state index in [-0.39, 0.29) is 84.8 Å². The molecular formula is C42H48As2Cl3NO12S. The van der Waals surface area contributed by atoms with Gasteiger partial charge in [0.2, 0.25) is 0 Å². The van der Waals surface area contributed by atoms with Crippen LogP contribution in [0, 0.1) is 10.8 Å². The van der Waals surface area contributed by atoms with Crippen LogP contribution in [0.1, 0.15) is 130 Å². The van der Waals surface area contributed by atoms with Gasteiger partial charge in [0, 0.05) is 6.42 Å². The Balaban J connectivity index is 1.72. The van der Waals surface area contributed by atoms with E-state index in [1.165, 1.54) is 0 Å². The Kier molecular flexibility index (Phi) is 13.7. The number of benzene rings is 3. The number of thioether (sulfide) groups is 1. The topological polar surface area (TPSA) is 228 Å². The molecular weight excluding hydrogens is 999 g/mol. The normalized spacial score (nSPS) is 18.8. The number of rotatable bonds is 13. The number of ether oxygens (including phenoxy) is 1. The maximum absolute atomic E-state index is 13.9. The molecule has 0 fully saturated rings. The molecule has 0 saturated heterocycles. The van der Waals surface area contributed by atoms with Gasteiger partial charge in [0.05, 0.1) is 0 Å². The second-order valence-corrected chi connectivity index (χ2v) is 26.3. The second-order valence-electron chi connectivity index (χ2n) is 17.7. The molecule has 3 aromatic rings. The molecule has 0 saturated carbocycles. The van der Waals surface area contributed by atoms with E-state index in [0.29, 0.717) is 48.8 Å². The standard InChI is InChI=1S/C42H48As2Cl3NO12S/c1-19-14-41(3,4)16-25-21(19)12-23-29(30-31(40(52)53)34(45)36(47)39(35(30)46)61-18-27(49)48-11-9-7-8-10-28(50)51)24-13-22-20(2)15-42(5,6)17-26(22)33(44(57,58)59)38(24)60-37(23)32(25)43(54,55)56/h12-13,16,19-20H,7-11,14-15,17-18H2,1-6H3,(H,48,49)(H,50,51)(H,52,53)(H2,54,55,56)(H2,57,58,59). The van der Waals surface area contributed by atoms with Crippen LogP contribution in [-0.4, -0.2) is 85.1 Å². The zero-order valence-corrected chi connectivity index (χ0v) is 41.2. The van der Waals surface area contributed by atoms with Gasteiger partial charge in [0.25, 0.3) is 0 Å². The molecule has 6 rings (SSSR count). The van der Waals surface area contributed by atoms with Gasteiger partial charge in [-0.2, -0.15) is 0 Å². The molecule has 1 heterocycles. The summed E-state index contributed by atoms with van der Waals surface area (Å²) >= 11 is 9.56. The number of unbranched alkanes of at least 4 members (excludes halogenated alkanes) is 2. The van der Waals surface area contributed by atoms with Crippen LogP contribution >= 0.6 is 46.6 Å². The Hall–Kier alpha value is -2.61. The van der Waals surface area contributed by atoms with Gasteiger partial charge in [-0.3, -0.25) is 4.79 Å². The van der Waals surface area contributed by atoms with Crippen LogP contribution in [0.5, 0.6) is 11.5 Å². The fourth-order valence-electron chi connectivity index (χ4n) is 9.31. The summed E-state index contributed by atoms with van der Waals surface area (Å²) in [5, 5.41) is 21.8. The van der Waals surface area contributed by atoms with Crippen molar-refractivity contribution in [1.82, 2.24) is 5.32 Å². The Morgan fingerprint density at radius 1 is 0.852 bits per heavy atom. The number of carboxylic acid groups (broad SMARTS) is 2. The Bertz CT molecular complexity index is 2620. The van der Waals surface area contributed by atoms with Crippen molar-refractivity contribution in [3.63, 3.8) is 0 Å². The molecule has 0 radical (unpaired) electrons. The van der Waals surface area contributed by atoms with E-state index in [1.807, 2.05) is 41.5 Å². The molecule has 1 amide bonds.